The normalized spacial score (nSPS) is 24.4. The van der Waals surface area contributed by atoms with Gasteiger partial charge in [-0.05, 0) is 38.9 Å². The Balaban J connectivity index is 1.80. The lowest BCUT2D eigenvalue weighted by Gasteiger charge is -2.12. The van der Waals surface area contributed by atoms with Gasteiger partial charge >= 0.3 is 0 Å². The van der Waals surface area contributed by atoms with Gasteiger partial charge < -0.3 is 9.84 Å². The minimum atomic E-state index is 0.674. The zero-order chi connectivity index (χ0) is 12.3. The van der Waals surface area contributed by atoms with E-state index in [0.717, 1.165) is 23.2 Å². The number of nitrogens with zero attached hydrogens (tertiary/aromatic N) is 1. The maximum Gasteiger partial charge on any atom is 0.138 e. The first-order valence-electron chi connectivity index (χ1n) is 6.47. The monoisotopic (exact) mass is 254 g/mol. The van der Waals surface area contributed by atoms with E-state index in [1.807, 2.05) is 13.8 Å². The topological polar surface area (TPSA) is 38.1 Å². The Morgan fingerprint density at radius 2 is 2.24 bits per heavy atom. The summed E-state index contributed by atoms with van der Waals surface area (Å²) < 4.78 is 5.18. The van der Waals surface area contributed by atoms with Crippen LogP contribution in [0.1, 0.15) is 43.2 Å². The van der Waals surface area contributed by atoms with Crippen LogP contribution in [0.5, 0.6) is 0 Å². The van der Waals surface area contributed by atoms with E-state index < -0.39 is 0 Å². The second-order valence-electron chi connectivity index (χ2n) is 4.77. The van der Waals surface area contributed by atoms with Crippen LogP contribution in [0.15, 0.2) is 4.52 Å². The van der Waals surface area contributed by atoms with Gasteiger partial charge in [-0.2, -0.15) is 11.8 Å². The molecular weight excluding hydrogens is 232 g/mol. The molecule has 0 radical (unpaired) electrons. The van der Waals surface area contributed by atoms with Crippen molar-refractivity contribution in [3.63, 3.8) is 0 Å². The third-order valence-corrected chi connectivity index (χ3v) is 4.77. The molecule has 1 aromatic rings. The number of nitrogens with one attached hydrogen (secondary N) is 1. The number of aryl methyl sites for hydroxylation is 2. The van der Waals surface area contributed by atoms with E-state index >= 15 is 0 Å². The van der Waals surface area contributed by atoms with E-state index in [1.54, 1.807) is 0 Å². The van der Waals surface area contributed by atoms with Gasteiger partial charge in [-0.25, -0.2) is 0 Å². The van der Waals surface area contributed by atoms with Gasteiger partial charge in [0.05, 0.1) is 5.69 Å². The molecule has 1 saturated carbocycles. The van der Waals surface area contributed by atoms with Crippen molar-refractivity contribution < 1.29 is 4.52 Å². The van der Waals surface area contributed by atoms with Gasteiger partial charge in [-0.15, -0.1) is 0 Å². The third kappa shape index (κ3) is 3.26. The lowest BCUT2D eigenvalue weighted by Crippen LogP contribution is -2.26. The van der Waals surface area contributed by atoms with Crippen molar-refractivity contribution in [2.24, 2.45) is 0 Å². The van der Waals surface area contributed by atoms with Crippen LogP contribution in [0, 0.1) is 13.8 Å². The van der Waals surface area contributed by atoms with Crippen LogP contribution in [-0.2, 0) is 6.54 Å². The molecule has 1 heterocycles. The Bertz CT molecular complexity index is 345. The summed E-state index contributed by atoms with van der Waals surface area (Å²) in [7, 11) is 0. The molecule has 1 aliphatic rings. The molecule has 0 aromatic carbocycles. The average molecular weight is 254 g/mol. The summed E-state index contributed by atoms with van der Waals surface area (Å²) in [6, 6.07) is 0.674. The van der Waals surface area contributed by atoms with Crippen LogP contribution in [0.25, 0.3) is 0 Å². The van der Waals surface area contributed by atoms with E-state index in [2.05, 4.69) is 29.2 Å². The molecule has 3 nitrogen and oxygen atoms in total. The third-order valence-electron chi connectivity index (χ3n) is 3.54. The fourth-order valence-corrected chi connectivity index (χ4v) is 3.66. The molecule has 1 aliphatic carbocycles. The molecule has 1 aromatic heterocycles. The highest BCUT2D eigenvalue weighted by atomic mass is 32.2. The Kier molecular flexibility index (Phi) is 4.51. The van der Waals surface area contributed by atoms with Crippen LogP contribution >= 0.6 is 11.8 Å². The molecular formula is C13H22N2OS. The Labute approximate surface area is 108 Å². The van der Waals surface area contributed by atoms with Gasteiger partial charge in [0, 0.05) is 23.4 Å². The van der Waals surface area contributed by atoms with Crippen molar-refractivity contribution in [2.75, 3.05) is 5.75 Å². The molecule has 2 rings (SSSR count). The number of hydrogen-bond donors (Lipinski definition) is 1. The van der Waals surface area contributed by atoms with Crippen molar-refractivity contribution in [1.82, 2.24) is 10.5 Å². The standard InChI is InChI=1S/C13H22N2OS/c1-4-17-12-6-5-11(7-12)14-8-13-9(2)15-16-10(13)3/h11-12,14H,4-8H2,1-3H3/t11-,12-/m0/s1. The van der Waals surface area contributed by atoms with Crippen molar-refractivity contribution >= 4 is 11.8 Å². The first-order chi connectivity index (χ1) is 8.20. The number of thioether (sulfide) groups is 1. The van der Waals surface area contributed by atoms with Crippen molar-refractivity contribution in [3.8, 4) is 0 Å². The average Bonchev–Trinajstić information content (AvgIpc) is 2.86. The van der Waals surface area contributed by atoms with Crippen LogP contribution in [-0.4, -0.2) is 22.2 Å². The van der Waals surface area contributed by atoms with Crippen molar-refractivity contribution in [1.29, 1.82) is 0 Å². The lowest BCUT2D eigenvalue weighted by atomic mass is 10.2. The summed E-state index contributed by atoms with van der Waals surface area (Å²) in [5, 5.41) is 8.49. The van der Waals surface area contributed by atoms with Crippen LogP contribution in [0.4, 0.5) is 0 Å². The second kappa shape index (κ2) is 5.91. The van der Waals surface area contributed by atoms with Gasteiger partial charge in [-0.1, -0.05) is 12.1 Å². The molecule has 0 unspecified atom stereocenters. The SMILES string of the molecule is CCS[C@H]1CC[C@H](NCc2c(C)noc2C)C1. The predicted octanol–water partition coefficient (Wildman–Crippen LogP) is 3.06. The minimum absolute atomic E-state index is 0.674. The molecule has 4 heteroatoms. The molecule has 0 aliphatic heterocycles. The van der Waals surface area contributed by atoms with E-state index in [0.29, 0.717) is 6.04 Å². The molecule has 0 saturated heterocycles. The summed E-state index contributed by atoms with van der Waals surface area (Å²) in [5.74, 6) is 2.19. The largest absolute Gasteiger partial charge is 0.361 e. The molecule has 1 fully saturated rings. The fraction of sp³-hybridized carbons (Fsp3) is 0.769. The molecule has 96 valence electrons. The number of aromatic nitrogens is 1. The predicted molar refractivity (Wildman–Crippen MR) is 72.4 cm³/mol. The van der Waals surface area contributed by atoms with Gasteiger partial charge in [0.25, 0.3) is 0 Å². The molecule has 0 spiro atoms. The maximum atomic E-state index is 5.18. The highest BCUT2D eigenvalue weighted by Gasteiger charge is 2.24. The summed E-state index contributed by atoms with van der Waals surface area (Å²) in [6.45, 7) is 7.14. The van der Waals surface area contributed by atoms with E-state index in [4.69, 9.17) is 4.52 Å². The lowest BCUT2D eigenvalue weighted by molar-refractivity contribution is 0.391. The Morgan fingerprint density at radius 1 is 1.41 bits per heavy atom. The second-order valence-corrected chi connectivity index (χ2v) is 6.35. The van der Waals surface area contributed by atoms with E-state index in [9.17, 15) is 0 Å². The first-order valence-corrected chi connectivity index (χ1v) is 7.52. The van der Waals surface area contributed by atoms with Crippen LogP contribution in [0.3, 0.4) is 0 Å². The van der Waals surface area contributed by atoms with E-state index in [-0.39, 0.29) is 0 Å². The van der Waals surface area contributed by atoms with Crippen LogP contribution < -0.4 is 5.32 Å². The van der Waals surface area contributed by atoms with E-state index in [1.165, 1.54) is 30.6 Å². The Hall–Kier alpha value is -0.480. The van der Waals surface area contributed by atoms with Gasteiger partial charge in [0.2, 0.25) is 0 Å². The van der Waals surface area contributed by atoms with Gasteiger partial charge in [0.1, 0.15) is 5.76 Å². The summed E-state index contributed by atoms with van der Waals surface area (Å²) >= 11 is 2.10. The summed E-state index contributed by atoms with van der Waals surface area (Å²) in [4.78, 5) is 0. The highest BCUT2D eigenvalue weighted by Crippen LogP contribution is 2.30. The first kappa shape index (κ1) is 13.0. The number of rotatable bonds is 5. The minimum Gasteiger partial charge on any atom is -0.361 e. The maximum absolute atomic E-state index is 5.18. The highest BCUT2D eigenvalue weighted by molar-refractivity contribution is 7.99. The molecule has 0 bridgehead atoms. The summed E-state index contributed by atoms with van der Waals surface area (Å²) in [5.41, 5.74) is 2.25. The quantitative estimate of drug-likeness (QED) is 0.876. The van der Waals surface area contributed by atoms with Crippen molar-refractivity contribution in [3.05, 3.63) is 17.0 Å². The van der Waals surface area contributed by atoms with Gasteiger partial charge in [-0.3, -0.25) is 0 Å². The Morgan fingerprint density at radius 3 is 2.88 bits per heavy atom. The molecule has 1 N–H and O–H groups in total. The zero-order valence-corrected chi connectivity index (χ0v) is 11.8. The number of hydrogen-bond acceptors (Lipinski definition) is 4. The summed E-state index contributed by atoms with van der Waals surface area (Å²) in [6.07, 6.45) is 3.97. The molecule has 2 atom stereocenters. The van der Waals surface area contributed by atoms with Gasteiger partial charge in [0.15, 0.2) is 0 Å². The molecule has 17 heavy (non-hydrogen) atoms. The zero-order valence-electron chi connectivity index (χ0n) is 11.0. The smallest absolute Gasteiger partial charge is 0.138 e. The van der Waals surface area contributed by atoms with Crippen molar-refractivity contribution in [2.45, 2.75) is 57.9 Å². The fourth-order valence-electron chi connectivity index (χ4n) is 2.51. The van der Waals surface area contributed by atoms with Crippen LogP contribution in [0.2, 0.25) is 0 Å². The molecule has 0 amide bonds.